The summed E-state index contributed by atoms with van der Waals surface area (Å²) in [5.41, 5.74) is 6.70. The van der Waals surface area contributed by atoms with E-state index in [1.54, 1.807) is 17.4 Å². The molecule has 0 aromatic carbocycles. The third-order valence-corrected chi connectivity index (χ3v) is 2.95. The number of hydrogen-bond donors (Lipinski definition) is 2. The van der Waals surface area contributed by atoms with Gasteiger partial charge >= 0.3 is 0 Å². The highest BCUT2D eigenvalue weighted by Gasteiger charge is 2.17. The highest BCUT2D eigenvalue weighted by molar-refractivity contribution is 7.13. The van der Waals surface area contributed by atoms with E-state index in [2.05, 4.69) is 41.0 Å². The Bertz CT molecular complexity index is 515. The van der Waals surface area contributed by atoms with Crippen LogP contribution in [0.5, 0.6) is 0 Å². The van der Waals surface area contributed by atoms with Gasteiger partial charge in [0.25, 0.3) is 0 Å². The van der Waals surface area contributed by atoms with Crippen LogP contribution in [0.25, 0.3) is 0 Å². The Balaban J connectivity index is 2.17. The molecule has 0 fully saturated rings. The minimum Gasteiger partial charge on any atom is -0.384 e. The molecule has 0 aliphatic heterocycles. The lowest BCUT2D eigenvalue weighted by Gasteiger charge is -2.14. The molecule has 6 heteroatoms. The van der Waals surface area contributed by atoms with Crippen molar-refractivity contribution in [3.05, 3.63) is 23.5 Å². The standard InChI is InChI=1S/C11H15N5S/c1-11(2,3)7-5-17-10(15-7)16-9-4-8(12)13-6-14-9/h4-6H,1-3H3,(H3,12,13,14,15,16). The van der Waals surface area contributed by atoms with Crippen molar-refractivity contribution >= 4 is 28.1 Å². The molecular weight excluding hydrogens is 234 g/mol. The van der Waals surface area contributed by atoms with Crippen LogP contribution in [0.1, 0.15) is 26.5 Å². The lowest BCUT2D eigenvalue weighted by Crippen LogP contribution is -2.11. The fourth-order valence-electron chi connectivity index (χ4n) is 1.23. The fraction of sp³-hybridized carbons (Fsp3) is 0.364. The van der Waals surface area contributed by atoms with E-state index < -0.39 is 0 Å². The molecule has 0 amide bonds. The molecule has 2 rings (SSSR count). The Morgan fingerprint density at radius 2 is 2.06 bits per heavy atom. The first kappa shape index (κ1) is 11.8. The summed E-state index contributed by atoms with van der Waals surface area (Å²) in [6.45, 7) is 6.40. The van der Waals surface area contributed by atoms with Crippen LogP contribution in [0.4, 0.5) is 16.8 Å². The molecule has 0 radical (unpaired) electrons. The molecule has 0 spiro atoms. The second-order valence-corrected chi connectivity index (χ2v) is 5.60. The van der Waals surface area contributed by atoms with E-state index in [9.17, 15) is 0 Å². The van der Waals surface area contributed by atoms with Gasteiger partial charge in [-0.1, -0.05) is 20.8 Å². The summed E-state index contributed by atoms with van der Waals surface area (Å²) in [5, 5.41) is 5.97. The largest absolute Gasteiger partial charge is 0.384 e. The molecule has 90 valence electrons. The van der Waals surface area contributed by atoms with E-state index in [-0.39, 0.29) is 5.41 Å². The highest BCUT2D eigenvalue weighted by Crippen LogP contribution is 2.27. The third-order valence-electron chi connectivity index (χ3n) is 2.20. The Morgan fingerprint density at radius 1 is 1.29 bits per heavy atom. The molecule has 0 aliphatic carbocycles. The van der Waals surface area contributed by atoms with Gasteiger partial charge in [0.1, 0.15) is 18.0 Å². The van der Waals surface area contributed by atoms with Crippen LogP contribution < -0.4 is 11.1 Å². The topological polar surface area (TPSA) is 76.7 Å². The SMILES string of the molecule is CC(C)(C)c1csc(Nc2cc(N)ncn2)n1. The number of anilines is 3. The molecule has 0 saturated carbocycles. The van der Waals surface area contributed by atoms with Crippen LogP contribution >= 0.6 is 11.3 Å². The molecular formula is C11H15N5S. The van der Waals surface area contributed by atoms with E-state index >= 15 is 0 Å². The van der Waals surface area contributed by atoms with Crippen molar-refractivity contribution in [1.29, 1.82) is 0 Å². The van der Waals surface area contributed by atoms with Crippen molar-refractivity contribution in [3.8, 4) is 0 Å². The maximum atomic E-state index is 5.58. The number of hydrogen-bond acceptors (Lipinski definition) is 6. The molecule has 17 heavy (non-hydrogen) atoms. The van der Waals surface area contributed by atoms with Crippen molar-refractivity contribution in [2.75, 3.05) is 11.1 Å². The highest BCUT2D eigenvalue weighted by atomic mass is 32.1. The molecule has 2 aromatic rings. The van der Waals surface area contributed by atoms with Gasteiger partial charge in [0.2, 0.25) is 0 Å². The smallest absolute Gasteiger partial charge is 0.188 e. The summed E-state index contributed by atoms with van der Waals surface area (Å²) in [6.07, 6.45) is 1.43. The third kappa shape index (κ3) is 2.91. The van der Waals surface area contributed by atoms with Gasteiger partial charge in [-0.05, 0) is 0 Å². The lowest BCUT2D eigenvalue weighted by atomic mass is 9.93. The van der Waals surface area contributed by atoms with Gasteiger partial charge in [-0.15, -0.1) is 11.3 Å². The van der Waals surface area contributed by atoms with E-state index in [0.717, 1.165) is 10.8 Å². The van der Waals surface area contributed by atoms with Crippen molar-refractivity contribution in [2.24, 2.45) is 0 Å². The van der Waals surface area contributed by atoms with Crippen LogP contribution in [-0.4, -0.2) is 15.0 Å². The molecule has 2 aromatic heterocycles. The zero-order valence-electron chi connectivity index (χ0n) is 10.1. The monoisotopic (exact) mass is 249 g/mol. The second-order valence-electron chi connectivity index (χ2n) is 4.74. The number of nitrogens with one attached hydrogen (secondary N) is 1. The summed E-state index contributed by atoms with van der Waals surface area (Å²) in [4.78, 5) is 12.4. The fourth-order valence-corrected chi connectivity index (χ4v) is 2.17. The first-order valence-corrected chi connectivity index (χ1v) is 6.14. The summed E-state index contributed by atoms with van der Waals surface area (Å²) in [7, 11) is 0. The number of aromatic nitrogens is 3. The molecule has 0 saturated heterocycles. The Kier molecular flexibility index (Phi) is 2.97. The average Bonchev–Trinajstić information content (AvgIpc) is 2.65. The number of rotatable bonds is 2. The first-order chi connectivity index (χ1) is 7.95. The summed E-state index contributed by atoms with van der Waals surface area (Å²) >= 11 is 1.55. The average molecular weight is 249 g/mol. The second kappa shape index (κ2) is 4.29. The summed E-state index contributed by atoms with van der Waals surface area (Å²) in [6, 6.07) is 1.68. The molecule has 3 N–H and O–H groups in total. The molecule has 2 heterocycles. The molecule has 5 nitrogen and oxygen atoms in total. The summed E-state index contributed by atoms with van der Waals surface area (Å²) in [5.74, 6) is 1.10. The number of thiazole rings is 1. The Hall–Kier alpha value is -1.69. The minimum absolute atomic E-state index is 0.0567. The predicted molar refractivity (Wildman–Crippen MR) is 70.5 cm³/mol. The van der Waals surface area contributed by atoms with Crippen molar-refractivity contribution in [3.63, 3.8) is 0 Å². The van der Waals surface area contributed by atoms with Crippen molar-refractivity contribution < 1.29 is 0 Å². The van der Waals surface area contributed by atoms with Crippen LogP contribution in [0.2, 0.25) is 0 Å². The van der Waals surface area contributed by atoms with Crippen LogP contribution in [0, 0.1) is 0 Å². The molecule has 0 unspecified atom stereocenters. The Labute approximate surface area is 104 Å². The zero-order valence-corrected chi connectivity index (χ0v) is 10.9. The zero-order chi connectivity index (χ0) is 12.5. The molecule has 0 atom stereocenters. The van der Waals surface area contributed by atoms with Gasteiger partial charge < -0.3 is 11.1 Å². The molecule has 0 bridgehead atoms. The normalized spacial score (nSPS) is 11.5. The van der Waals surface area contributed by atoms with E-state index in [1.165, 1.54) is 6.33 Å². The van der Waals surface area contributed by atoms with Gasteiger partial charge in [0, 0.05) is 16.9 Å². The maximum Gasteiger partial charge on any atom is 0.188 e. The quantitative estimate of drug-likeness (QED) is 0.855. The minimum atomic E-state index is 0.0567. The number of nitrogens with zero attached hydrogens (tertiary/aromatic N) is 3. The van der Waals surface area contributed by atoms with E-state index in [1.807, 2.05) is 5.38 Å². The van der Waals surface area contributed by atoms with Crippen molar-refractivity contribution in [2.45, 2.75) is 26.2 Å². The Morgan fingerprint density at radius 3 is 2.65 bits per heavy atom. The van der Waals surface area contributed by atoms with Gasteiger partial charge in [0.15, 0.2) is 5.13 Å². The van der Waals surface area contributed by atoms with Crippen LogP contribution in [0.3, 0.4) is 0 Å². The lowest BCUT2D eigenvalue weighted by molar-refractivity contribution is 0.573. The van der Waals surface area contributed by atoms with Gasteiger partial charge in [-0.2, -0.15) is 0 Å². The van der Waals surface area contributed by atoms with Gasteiger partial charge in [-0.25, -0.2) is 15.0 Å². The van der Waals surface area contributed by atoms with Crippen molar-refractivity contribution in [1.82, 2.24) is 15.0 Å². The van der Waals surface area contributed by atoms with Gasteiger partial charge in [-0.3, -0.25) is 0 Å². The van der Waals surface area contributed by atoms with E-state index in [4.69, 9.17) is 5.73 Å². The summed E-state index contributed by atoms with van der Waals surface area (Å²) < 4.78 is 0. The van der Waals surface area contributed by atoms with Crippen LogP contribution in [0.15, 0.2) is 17.8 Å². The van der Waals surface area contributed by atoms with Crippen LogP contribution in [-0.2, 0) is 5.41 Å². The van der Waals surface area contributed by atoms with E-state index in [0.29, 0.717) is 11.6 Å². The van der Waals surface area contributed by atoms with Gasteiger partial charge in [0.05, 0.1) is 5.69 Å². The maximum absolute atomic E-state index is 5.58. The predicted octanol–water partition coefficient (Wildman–Crippen LogP) is 2.56. The molecule has 0 aliphatic rings. The first-order valence-electron chi connectivity index (χ1n) is 5.26. The number of nitrogen functional groups attached to an aromatic ring is 1. The number of nitrogens with two attached hydrogens (primary N) is 1.